The van der Waals surface area contributed by atoms with E-state index in [0.29, 0.717) is 22.1 Å². The molecule has 0 aliphatic carbocycles. The Bertz CT molecular complexity index is 1050. The average Bonchev–Trinajstić information content (AvgIpc) is 3.07. The van der Waals surface area contributed by atoms with Gasteiger partial charge in [-0.25, -0.2) is 9.59 Å². The van der Waals surface area contributed by atoms with Crippen LogP contribution in [0.5, 0.6) is 11.5 Å². The van der Waals surface area contributed by atoms with Crippen LogP contribution in [0.25, 0.3) is 0 Å². The van der Waals surface area contributed by atoms with Gasteiger partial charge < -0.3 is 24.7 Å². The maximum atomic E-state index is 13.1. The van der Waals surface area contributed by atoms with Crippen LogP contribution in [-0.4, -0.2) is 54.9 Å². The number of nitrogens with two attached hydrogens (primary N) is 1. The quantitative estimate of drug-likeness (QED) is 0.593. The number of carbonyl (C=O) groups excluding carboxylic acids is 3. The first-order chi connectivity index (χ1) is 15.7. The van der Waals surface area contributed by atoms with E-state index < -0.39 is 23.1 Å². The zero-order valence-corrected chi connectivity index (χ0v) is 20.3. The van der Waals surface area contributed by atoms with Gasteiger partial charge in [0.15, 0.2) is 11.5 Å². The second-order valence-electron chi connectivity index (χ2n) is 7.67. The Labute approximate surface area is 196 Å². The zero-order valence-electron chi connectivity index (χ0n) is 19.5. The smallest absolute Gasteiger partial charge is 0.338 e. The van der Waals surface area contributed by atoms with Gasteiger partial charge >= 0.3 is 11.9 Å². The van der Waals surface area contributed by atoms with Crippen molar-refractivity contribution < 1.29 is 33.3 Å². The van der Waals surface area contributed by atoms with Crippen molar-refractivity contribution in [2.45, 2.75) is 45.0 Å². The molecule has 2 unspecified atom stereocenters. The number of fused-ring (bicyclic) bond motifs is 1. The molecule has 1 aromatic rings. The largest absolute Gasteiger partial charge is 0.493 e. The van der Waals surface area contributed by atoms with Crippen LogP contribution in [-0.2, 0) is 23.9 Å². The summed E-state index contributed by atoms with van der Waals surface area (Å²) in [5.74, 6) is -1.80. The molecule has 0 radical (unpaired) electrons. The summed E-state index contributed by atoms with van der Waals surface area (Å²) in [5, 5.41) is -0.145. The van der Waals surface area contributed by atoms with Crippen LogP contribution in [0.2, 0.25) is 0 Å². The van der Waals surface area contributed by atoms with Crippen LogP contribution in [0, 0.1) is 0 Å². The Morgan fingerprint density at radius 2 is 1.85 bits per heavy atom. The molecule has 0 saturated carbocycles. The van der Waals surface area contributed by atoms with Gasteiger partial charge in [0.05, 0.1) is 54.3 Å². The minimum atomic E-state index is -0.935. The summed E-state index contributed by atoms with van der Waals surface area (Å²) in [7, 11) is 2.74. The fourth-order valence-corrected chi connectivity index (χ4v) is 4.96. The Kier molecular flexibility index (Phi) is 7.26. The predicted molar refractivity (Wildman–Crippen MR) is 122 cm³/mol. The lowest BCUT2D eigenvalue weighted by atomic mass is 9.82. The van der Waals surface area contributed by atoms with Gasteiger partial charge in [-0.15, -0.1) is 0 Å². The summed E-state index contributed by atoms with van der Waals surface area (Å²) in [6.07, 6.45) is -0.0891. The van der Waals surface area contributed by atoms with Crippen LogP contribution < -0.4 is 15.2 Å². The summed E-state index contributed by atoms with van der Waals surface area (Å²) in [6.45, 7) is 7.24. The van der Waals surface area contributed by atoms with E-state index in [-0.39, 0.29) is 35.6 Å². The second-order valence-corrected chi connectivity index (χ2v) is 9.00. The maximum Gasteiger partial charge on any atom is 0.338 e. The standard InChI is InChI=1S/C23H28N2O7S/c1-7-31-23(28)17-16(13-8-9-14(32-11(2)3)15(10-13)29-5)18(22(27)30-6)21-25(19(17)24)20(26)12(4)33-21/h8-12,16H,7,24H2,1-6H3. The molecule has 1 amide bonds. The van der Waals surface area contributed by atoms with Crippen LogP contribution in [0.4, 0.5) is 0 Å². The molecule has 2 aliphatic heterocycles. The van der Waals surface area contributed by atoms with Gasteiger partial charge in [0.25, 0.3) is 0 Å². The minimum Gasteiger partial charge on any atom is -0.493 e. The number of thioether (sulfide) groups is 1. The maximum absolute atomic E-state index is 13.1. The predicted octanol–water partition coefficient (Wildman–Crippen LogP) is 2.66. The number of methoxy groups -OCH3 is 2. The average molecular weight is 477 g/mol. The summed E-state index contributed by atoms with van der Waals surface area (Å²) in [4.78, 5) is 40.1. The monoisotopic (exact) mass is 476 g/mol. The third kappa shape index (κ3) is 4.39. The molecule has 10 heteroatoms. The van der Waals surface area contributed by atoms with Crippen molar-refractivity contribution in [3.05, 3.63) is 45.8 Å². The highest BCUT2D eigenvalue weighted by Crippen LogP contribution is 2.50. The van der Waals surface area contributed by atoms with E-state index in [1.54, 1.807) is 32.0 Å². The van der Waals surface area contributed by atoms with Crippen molar-refractivity contribution in [3.63, 3.8) is 0 Å². The van der Waals surface area contributed by atoms with Crippen LogP contribution >= 0.6 is 11.8 Å². The van der Waals surface area contributed by atoms with Crippen molar-refractivity contribution in [3.8, 4) is 11.5 Å². The lowest BCUT2D eigenvalue weighted by molar-refractivity contribution is -0.139. The first kappa shape index (κ1) is 24.5. The molecule has 1 fully saturated rings. The van der Waals surface area contributed by atoms with E-state index in [1.165, 1.54) is 30.9 Å². The third-order valence-corrected chi connectivity index (χ3v) is 6.35. The molecule has 0 bridgehead atoms. The van der Waals surface area contributed by atoms with Crippen molar-refractivity contribution in [1.29, 1.82) is 0 Å². The number of ether oxygens (including phenoxy) is 4. The van der Waals surface area contributed by atoms with Gasteiger partial charge in [0.1, 0.15) is 5.82 Å². The lowest BCUT2D eigenvalue weighted by Gasteiger charge is -2.33. The number of carbonyl (C=O) groups is 3. The second kappa shape index (κ2) is 9.78. The summed E-state index contributed by atoms with van der Waals surface area (Å²) in [6, 6.07) is 5.11. The first-order valence-electron chi connectivity index (χ1n) is 10.5. The molecule has 0 spiro atoms. The topological polar surface area (TPSA) is 117 Å². The number of rotatable bonds is 7. The molecule has 178 valence electrons. The third-order valence-electron chi connectivity index (χ3n) is 5.17. The van der Waals surface area contributed by atoms with Gasteiger partial charge in [-0.1, -0.05) is 17.8 Å². The van der Waals surface area contributed by atoms with Crippen molar-refractivity contribution in [2.24, 2.45) is 5.73 Å². The molecule has 2 heterocycles. The minimum absolute atomic E-state index is 0.0105. The van der Waals surface area contributed by atoms with Gasteiger partial charge in [0.2, 0.25) is 5.91 Å². The highest BCUT2D eigenvalue weighted by Gasteiger charge is 2.49. The molecule has 1 saturated heterocycles. The van der Waals surface area contributed by atoms with E-state index in [9.17, 15) is 14.4 Å². The molecule has 2 aliphatic rings. The summed E-state index contributed by atoms with van der Waals surface area (Å²) in [5.41, 5.74) is 7.04. The highest BCUT2D eigenvalue weighted by molar-refractivity contribution is 8.04. The fourth-order valence-electron chi connectivity index (χ4n) is 3.80. The molecule has 9 nitrogen and oxygen atoms in total. The van der Waals surface area contributed by atoms with Gasteiger partial charge in [-0.2, -0.15) is 0 Å². The Morgan fingerprint density at radius 3 is 2.42 bits per heavy atom. The number of amides is 1. The van der Waals surface area contributed by atoms with Crippen LogP contribution in [0.15, 0.2) is 40.2 Å². The molecule has 33 heavy (non-hydrogen) atoms. The van der Waals surface area contributed by atoms with Gasteiger partial charge in [0, 0.05) is 0 Å². The molecule has 2 atom stereocenters. The van der Waals surface area contributed by atoms with E-state index >= 15 is 0 Å². The highest BCUT2D eigenvalue weighted by atomic mass is 32.2. The van der Waals surface area contributed by atoms with Crippen LogP contribution in [0.3, 0.4) is 0 Å². The van der Waals surface area contributed by atoms with Gasteiger partial charge in [-0.3, -0.25) is 9.69 Å². The van der Waals surface area contributed by atoms with Crippen molar-refractivity contribution >= 4 is 29.6 Å². The van der Waals surface area contributed by atoms with E-state index in [4.69, 9.17) is 24.7 Å². The normalized spacial score (nSPS) is 20.2. The summed E-state index contributed by atoms with van der Waals surface area (Å²) < 4.78 is 21.6. The van der Waals surface area contributed by atoms with E-state index in [0.717, 1.165) is 0 Å². The first-order valence-corrected chi connectivity index (χ1v) is 11.4. The Morgan fingerprint density at radius 1 is 1.15 bits per heavy atom. The van der Waals surface area contributed by atoms with Crippen molar-refractivity contribution in [2.75, 3.05) is 20.8 Å². The van der Waals surface area contributed by atoms with Crippen molar-refractivity contribution in [1.82, 2.24) is 4.90 Å². The number of hydrogen-bond acceptors (Lipinski definition) is 9. The molecule has 3 rings (SSSR count). The van der Waals surface area contributed by atoms with Crippen LogP contribution in [0.1, 0.15) is 39.2 Å². The number of esters is 2. The number of benzene rings is 1. The van der Waals surface area contributed by atoms with E-state index in [1.807, 2.05) is 13.8 Å². The van der Waals surface area contributed by atoms with E-state index in [2.05, 4.69) is 0 Å². The molecule has 1 aromatic carbocycles. The summed E-state index contributed by atoms with van der Waals surface area (Å²) >= 11 is 1.19. The molecular formula is C23H28N2O7S. The fraction of sp³-hybridized carbons (Fsp3) is 0.435. The molecular weight excluding hydrogens is 448 g/mol. The molecule has 2 N–H and O–H groups in total. The molecule has 0 aromatic heterocycles. The number of nitrogens with zero attached hydrogens (tertiary/aromatic N) is 1. The van der Waals surface area contributed by atoms with Gasteiger partial charge in [-0.05, 0) is 45.4 Å². The Balaban J connectivity index is 2.29. The lowest BCUT2D eigenvalue weighted by Crippen LogP contribution is -2.40. The SMILES string of the molecule is CCOC(=O)C1=C(N)N2C(=O)C(C)SC2=C(C(=O)OC)C1c1ccc(OC(C)C)c(OC)c1. The Hall–Kier alpha value is -3.14. The number of hydrogen-bond donors (Lipinski definition) is 1. The zero-order chi connectivity index (χ0) is 24.4.